The molecule has 1 atom stereocenters. The summed E-state index contributed by atoms with van der Waals surface area (Å²) in [6, 6.07) is 8.26. The molecule has 1 aliphatic rings. The van der Waals surface area contributed by atoms with Crippen LogP contribution in [0.3, 0.4) is 0 Å². The number of nitrogens with zero attached hydrogens (tertiary/aromatic N) is 1. The van der Waals surface area contributed by atoms with Gasteiger partial charge in [-0.2, -0.15) is 0 Å². The molecule has 0 aliphatic carbocycles. The average molecular weight is 303 g/mol. The number of benzene rings is 1. The summed E-state index contributed by atoms with van der Waals surface area (Å²) >= 11 is 1.72. The number of thiophene rings is 1. The van der Waals surface area contributed by atoms with Gasteiger partial charge < -0.3 is 4.74 Å². The van der Waals surface area contributed by atoms with Gasteiger partial charge in [0.2, 0.25) is 0 Å². The largest absolute Gasteiger partial charge is 0.444 e. The SMILES string of the molecule is CCCCCCC1CN(c2ccc3sccc3c2)C(=O)O1. The van der Waals surface area contributed by atoms with Crippen molar-refractivity contribution in [2.45, 2.75) is 45.1 Å². The van der Waals surface area contributed by atoms with Crippen LogP contribution in [0, 0.1) is 0 Å². The molecule has 2 heterocycles. The van der Waals surface area contributed by atoms with Crippen LogP contribution in [0.15, 0.2) is 29.6 Å². The molecule has 1 aromatic heterocycles. The van der Waals surface area contributed by atoms with Crippen LogP contribution >= 0.6 is 11.3 Å². The molecule has 0 bridgehead atoms. The zero-order valence-corrected chi connectivity index (χ0v) is 13.2. The maximum atomic E-state index is 12.1. The first-order valence-electron chi connectivity index (χ1n) is 7.73. The lowest BCUT2D eigenvalue weighted by molar-refractivity contribution is 0.135. The van der Waals surface area contributed by atoms with Crippen molar-refractivity contribution in [2.75, 3.05) is 11.4 Å². The first kappa shape index (κ1) is 14.4. The van der Waals surface area contributed by atoms with Crippen LogP contribution in [0.1, 0.15) is 39.0 Å². The molecule has 0 spiro atoms. The van der Waals surface area contributed by atoms with Crippen molar-refractivity contribution in [2.24, 2.45) is 0 Å². The van der Waals surface area contributed by atoms with Gasteiger partial charge in [0.05, 0.1) is 6.54 Å². The van der Waals surface area contributed by atoms with Crippen molar-refractivity contribution in [1.29, 1.82) is 0 Å². The molecule has 0 saturated carbocycles. The van der Waals surface area contributed by atoms with Crippen molar-refractivity contribution >= 4 is 33.2 Å². The molecule has 3 nitrogen and oxygen atoms in total. The molecule has 1 aliphatic heterocycles. The van der Waals surface area contributed by atoms with Gasteiger partial charge in [0, 0.05) is 10.4 Å². The minimum absolute atomic E-state index is 0.0486. The fraction of sp³-hybridized carbons (Fsp3) is 0.471. The summed E-state index contributed by atoms with van der Waals surface area (Å²) in [6.45, 7) is 2.89. The fourth-order valence-corrected chi connectivity index (χ4v) is 3.57. The summed E-state index contributed by atoms with van der Waals surface area (Å²) in [7, 11) is 0. The maximum Gasteiger partial charge on any atom is 0.414 e. The van der Waals surface area contributed by atoms with Crippen molar-refractivity contribution < 1.29 is 9.53 Å². The van der Waals surface area contributed by atoms with E-state index in [1.165, 1.54) is 29.3 Å². The van der Waals surface area contributed by atoms with E-state index in [4.69, 9.17) is 4.74 Å². The van der Waals surface area contributed by atoms with Gasteiger partial charge in [-0.3, -0.25) is 4.90 Å². The lowest BCUT2D eigenvalue weighted by Crippen LogP contribution is -2.24. The summed E-state index contributed by atoms with van der Waals surface area (Å²) < 4.78 is 6.74. The number of carbonyl (C=O) groups is 1. The molecule has 0 radical (unpaired) electrons. The number of hydrogen-bond acceptors (Lipinski definition) is 3. The maximum absolute atomic E-state index is 12.1. The highest BCUT2D eigenvalue weighted by Gasteiger charge is 2.31. The standard InChI is InChI=1S/C17H21NO2S/c1-2-3-4-5-6-15-12-18(17(19)20-15)14-7-8-16-13(11-14)9-10-21-16/h7-11,15H,2-6,12H2,1H3. The number of amides is 1. The molecule has 4 heteroatoms. The van der Waals surface area contributed by atoms with Gasteiger partial charge in [0.1, 0.15) is 6.10 Å². The predicted octanol–water partition coefficient (Wildman–Crippen LogP) is 5.20. The summed E-state index contributed by atoms with van der Waals surface area (Å²) in [5.41, 5.74) is 0.946. The van der Waals surface area contributed by atoms with Gasteiger partial charge in [0.15, 0.2) is 0 Å². The highest BCUT2D eigenvalue weighted by molar-refractivity contribution is 7.17. The van der Waals surface area contributed by atoms with E-state index in [9.17, 15) is 4.79 Å². The minimum Gasteiger partial charge on any atom is -0.444 e. The van der Waals surface area contributed by atoms with E-state index in [-0.39, 0.29) is 12.2 Å². The molecule has 112 valence electrons. The highest BCUT2D eigenvalue weighted by atomic mass is 32.1. The Balaban J connectivity index is 1.64. The fourth-order valence-electron chi connectivity index (χ4n) is 2.80. The van der Waals surface area contributed by atoms with E-state index in [1.807, 2.05) is 6.07 Å². The Morgan fingerprint density at radius 3 is 3.05 bits per heavy atom. The second kappa shape index (κ2) is 6.48. The van der Waals surface area contributed by atoms with Crippen molar-refractivity contribution in [1.82, 2.24) is 0 Å². The Hall–Kier alpha value is -1.55. The number of unbranched alkanes of at least 4 members (excludes halogenated alkanes) is 3. The molecule has 1 fully saturated rings. The van der Waals surface area contributed by atoms with E-state index in [1.54, 1.807) is 16.2 Å². The van der Waals surface area contributed by atoms with E-state index < -0.39 is 0 Å². The van der Waals surface area contributed by atoms with Crippen LogP contribution in [-0.4, -0.2) is 18.7 Å². The third kappa shape index (κ3) is 3.21. The molecule has 2 aromatic rings. The van der Waals surface area contributed by atoms with Crippen LogP contribution in [0.4, 0.5) is 10.5 Å². The quantitative estimate of drug-likeness (QED) is 0.687. The number of hydrogen-bond donors (Lipinski definition) is 0. The number of fused-ring (bicyclic) bond motifs is 1. The van der Waals surface area contributed by atoms with E-state index in [0.717, 1.165) is 18.5 Å². The van der Waals surface area contributed by atoms with Crippen molar-refractivity contribution in [3.05, 3.63) is 29.6 Å². The zero-order valence-electron chi connectivity index (χ0n) is 12.4. The molecular weight excluding hydrogens is 282 g/mol. The van der Waals surface area contributed by atoms with Gasteiger partial charge in [-0.05, 0) is 47.9 Å². The Morgan fingerprint density at radius 1 is 1.29 bits per heavy atom. The van der Waals surface area contributed by atoms with Crippen LogP contribution in [0.25, 0.3) is 10.1 Å². The number of rotatable bonds is 6. The summed E-state index contributed by atoms with van der Waals surface area (Å²) in [6.07, 6.45) is 5.69. The molecule has 1 amide bonds. The summed E-state index contributed by atoms with van der Waals surface area (Å²) in [4.78, 5) is 13.8. The van der Waals surface area contributed by atoms with Gasteiger partial charge >= 0.3 is 6.09 Å². The highest BCUT2D eigenvalue weighted by Crippen LogP contribution is 2.29. The van der Waals surface area contributed by atoms with Crippen LogP contribution in [0.5, 0.6) is 0 Å². The third-order valence-corrected chi connectivity index (χ3v) is 4.90. The molecular formula is C17H21NO2S. The van der Waals surface area contributed by atoms with Crippen molar-refractivity contribution in [3.63, 3.8) is 0 Å². The monoisotopic (exact) mass is 303 g/mol. The number of ether oxygens (including phenoxy) is 1. The molecule has 3 rings (SSSR count). The van der Waals surface area contributed by atoms with Gasteiger partial charge in [0.25, 0.3) is 0 Å². The number of carbonyl (C=O) groups excluding carboxylic acids is 1. The lowest BCUT2D eigenvalue weighted by Gasteiger charge is -2.13. The topological polar surface area (TPSA) is 29.5 Å². The average Bonchev–Trinajstić information content (AvgIpc) is 3.09. The van der Waals surface area contributed by atoms with E-state index in [0.29, 0.717) is 6.54 Å². The molecule has 1 unspecified atom stereocenters. The zero-order chi connectivity index (χ0) is 14.7. The first-order valence-corrected chi connectivity index (χ1v) is 8.61. The minimum atomic E-state index is -0.204. The Morgan fingerprint density at radius 2 is 2.19 bits per heavy atom. The van der Waals surface area contributed by atoms with Gasteiger partial charge in [-0.15, -0.1) is 11.3 Å². The Labute approximate surface area is 129 Å². The lowest BCUT2D eigenvalue weighted by atomic mass is 10.1. The van der Waals surface area contributed by atoms with Gasteiger partial charge in [-0.1, -0.05) is 26.2 Å². The number of anilines is 1. The predicted molar refractivity (Wildman–Crippen MR) is 88.2 cm³/mol. The van der Waals surface area contributed by atoms with Crippen LogP contribution < -0.4 is 4.90 Å². The second-order valence-electron chi connectivity index (χ2n) is 5.61. The third-order valence-electron chi connectivity index (χ3n) is 4.00. The molecule has 0 N–H and O–H groups in total. The van der Waals surface area contributed by atoms with Crippen molar-refractivity contribution in [3.8, 4) is 0 Å². The molecule has 1 saturated heterocycles. The number of cyclic esters (lactones) is 1. The Bertz CT molecular complexity index is 622. The van der Waals surface area contributed by atoms with Crippen LogP contribution in [-0.2, 0) is 4.74 Å². The molecule has 1 aromatic carbocycles. The summed E-state index contributed by atoms with van der Waals surface area (Å²) in [5, 5.41) is 3.27. The van der Waals surface area contributed by atoms with E-state index in [2.05, 4.69) is 30.5 Å². The van der Waals surface area contributed by atoms with Crippen LogP contribution in [0.2, 0.25) is 0 Å². The second-order valence-corrected chi connectivity index (χ2v) is 6.56. The van der Waals surface area contributed by atoms with E-state index >= 15 is 0 Å². The smallest absolute Gasteiger partial charge is 0.414 e. The first-order chi connectivity index (χ1) is 10.3. The molecule has 21 heavy (non-hydrogen) atoms. The van der Waals surface area contributed by atoms with Gasteiger partial charge in [-0.25, -0.2) is 4.79 Å². The normalized spacial score (nSPS) is 18.4. The Kier molecular flexibility index (Phi) is 4.44. The summed E-state index contributed by atoms with van der Waals surface area (Å²) in [5.74, 6) is 0.